The van der Waals surface area contributed by atoms with Crippen molar-refractivity contribution in [2.24, 2.45) is 0 Å². The van der Waals surface area contributed by atoms with Crippen molar-refractivity contribution < 1.29 is 14.7 Å². The topological polar surface area (TPSA) is 69.6 Å². The zero-order valence-electron chi connectivity index (χ0n) is 21.1. The van der Waals surface area contributed by atoms with Crippen LogP contribution in [0.4, 0.5) is 0 Å². The lowest BCUT2D eigenvalue weighted by Crippen LogP contribution is -2.26. The zero-order chi connectivity index (χ0) is 23.6. The number of nitrogens with one attached hydrogen (secondary N) is 1. The zero-order valence-corrected chi connectivity index (χ0v) is 21.1. The lowest BCUT2D eigenvalue weighted by molar-refractivity contribution is -0.136. The molecule has 0 fully saturated rings. The summed E-state index contributed by atoms with van der Waals surface area (Å²) in [5.74, 6) is -0.522. The standard InChI is InChI=1S/C23H46N2O.C3H6O2/c1-4-5-6-7-8-9-10-11-12-13-14-15-16-17-18-20-23(26)24-21-19-22-25(2)3;1-2-3(4)5/h11-12H,4-10,13-22H2,1-3H3,(H,24,26);2H2,1H3,(H,4,5)/b12-11-;. The molecule has 0 spiro atoms. The highest BCUT2D eigenvalue weighted by atomic mass is 16.4. The van der Waals surface area contributed by atoms with Crippen LogP contribution in [0.1, 0.15) is 117 Å². The third-order valence-corrected chi connectivity index (χ3v) is 5.07. The van der Waals surface area contributed by atoms with E-state index in [-0.39, 0.29) is 12.3 Å². The Kier molecular flexibility index (Phi) is 27.4. The normalized spacial score (nSPS) is 10.9. The van der Waals surface area contributed by atoms with Crippen LogP contribution >= 0.6 is 0 Å². The van der Waals surface area contributed by atoms with Crippen molar-refractivity contribution in [1.29, 1.82) is 0 Å². The first-order valence-corrected chi connectivity index (χ1v) is 12.7. The second-order valence-electron chi connectivity index (χ2n) is 8.59. The number of carbonyl (C=O) groups is 2. The van der Waals surface area contributed by atoms with E-state index in [2.05, 4.69) is 43.4 Å². The first-order chi connectivity index (χ1) is 14.9. The molecule has 0 saturated heterocycles. The molecular weight excluding hydrogens is 388 g/mol. The molecule has 184 valence electrons. The summed E-state index contributed by atoms with van der Waals surface area (Å²) in [6.45, 7) is 5.71. The van der Waals surface area contributed by atoms with E-state index < -0.39 is 5.97 Å². The minimum Gasteiger partial charge on any atom is -0.481 e. The van der Waals surface area contributed by atoms with Gasteiger partial charge in [-0.05, 0) is 59.2 Å². The minimum absolute atomic E-state index is 0.222. The Balaban J connectivity index is 0. The number of carbonyl (C=O) groups excluding carboxylic acids is 1. The summed E-state index contributed by atoms with van der Waals surface area (Å²) >= 11 is 0. The van der Waals surface area contributed by atoms with E-state index in [9.17, 15) is 9.59 Å². The molecule has 0 saturated carbocycles. The maximum Gasteiger partial charge on any atom is 0.303 e. The molecule has 0 rings (SSSR count). The van der Waals surface area contributed by atoms with Crippen molar-refractivity contribution in [2.45, 2.75) is 117 Å². The number of aliphatic carboxylic acids is 1. The second-order valence-corrected chi connectivity index (χ2v) is 8.59. The number of nitrogens with zero attached hydrogens (tertiary/aromatic N) is 1. The fourth-order valence-electron chi connectivity index (χ4n) is 3.07. The molecule has 0 heterocycles. The van der Waals surface area contributed by atoms with Gasteiger partial charge in [0.25, 0.3) is 0 Å². The van der Waals surface area contributed by atoms with Crippen LogP contribution in [-0.2, 0) is 9.59 Å². The second kappa shape index (κ2) is 26.7. The van der Waals surface area contributed by atoms with Crippen LogP contribution in [0.5, 0.6) is 0 Å². The summed E-state index contributed by atoms with van der Waals surface area (Å²) in [6, 6.07) is 0. The third kappa shape index (κ3) is 33.5. The number of unbranched alkanes of at least 4 members (excludes halogenated alkanes) is 11. The number of rotatable bonds is 20. The minimum atomic E-state index is -0.745. The molecule has 0 aromatic rings. The molecule has 31 heavy (non-hydrogen) atoms. The van der Waals surface area contributed by atoms with Gasteiger partial charge in [-0.2, -0.15) is 0 Å². The van der Waals surface area contributed by atoms with Gasteiger partial charge in [-0.3, -0.25) is 9.59 Å². The highest BCUT2D eigenvalue weighted by molar-refractivity contribution is 5.75. The van der Waals surface area contributed by atoms with Gasteiger partial charge >= 0.3 is 5.97 Å². The van der Waals surface area contributed by atoms with Crippen LogP contribution in [-0.4, -0.2) is 49.1 Å². The van der Waals surface area contributed by atoms with Crippen molar-refractivity contribution >= 4 is 11.9 Å². The van der Waals surface area contributed by atoms with E-state index >= 15 is 0 Å². The van der Waals surface area contributed by atoms with Crippen LogP contribution in [0.3, 0.4) is 0 Å². The summed E-state index contributed by atoms with van der Waals surface area (Å²) in [5, 5.41) is 10.7. The van der Waals surface area contributed by atoms with Crippen LogP contribution < -0.4 is 5.32 Å². The first kappa shape index (κ1) is 31.8. The van der Waals surface area contributed by atoms with E-state index in [1.165, 1.54) is 77.0 Å². The molecule has 0 aliphatic carbocycles. The van der Waals surface area contributed by atoms with Crippen molar-refractivity contribution in [3.8, 4) is 0 Å². The molecule has 0 aliphatic rings. The predicted molar refractivity (Wildman–Crippen MR) is 134 cm³/mol. The number of carboxylic acids is 1. The molecule has 0 radical (unpaired) electrons. The van der Waals surface area contributed by atoms with E-state index in [1.807, 2.05) is 0 Å². The maximum atomic E-state index is 11.7. The Morgan fingerprint density at radius 3 is 1.74 bits per heavy atom. The number of carboxylic acid groups (broad SMARTS) is 1. The van der Waals surface area contributed by atoms with Gasteiger partial charge in [-0.15, -0.1) is 0 Å². The van der Waals surface area contributed by atoms with Crippen LogP contribution in [0.15, 0.2) is 12.2 Å². The van der Waals surface area contributed by atoms with Gasteiger partial charge in [0.15, 0.2) is 0 Å². The molecule has 5 heteroatoms. The summed E-state index contributed by atoms with van der Waals surface area (Å²) < 4.78 is 0. The molecule has 0 aromatic heterocycles. The number of allylic oxidation sites excluding steroid dienone is 2. The first-order valence-electron chi connectivity index (χ1n) is 12.7. The average molecular weight is 441 g/mol. The van der Waals surface area contributed by atoms with E-state index in [0.717, 1.165) is 25.9 Å². The summed E-state index contributed by atoms with van der Waals surface area (Å²) in [4.78, 5) is 23.2. The molecule has 0 unspecified atom stereocenters. The predicted octanol–water partition coefficient (Wildman–Crippen LogP) is 6.57. The molecule has 5 nitrogen and oxygen atoms in total. The van der Waals surface area contributed by atoms with Gasteiger partial charge in [0, 0.05) is 19.4 Å². The molecular formula is C26H52N2O3. The van der Waals surface area contributed by atoms with Gasteiger partial charge in [0.05, 0.1) is 0 Å². The van der Waals surface area contributed by atoms with Gasteiger partial charge in [-0.1, -0.05) is 77.4 Å². The van der Waals surface area contributed by atoms with Crippen molar-refractivity contribution in [3.05, 3.63) is 12.2 Å². The number of amides is 1. The quantitative estimate of drug-likeness (QED) is 0.166. The van der Waals surface area contributed by atoms with Crippen molar-refractivity contribution in [3.63, 3.8) is 0 Å². The third-order valence-electron chi connectivity index (χ3n) is 5.07. The Hall–Kier alpha value is -1.36. The molecule has 0 atom stereocenters. The van der Waals surface area contributed by atoms with Gasteiger partial charge in [0.1, 0.15) is 0 Å². The maximum absolute atomic E-state index is 11.7. The highest BCUT2D eigenvalue weighted by Gasteiger charge is 2.00. The smallest absolute Gasteiger partial charge is 0.303 e. The van der Waals surface area contributed by atoms with E-state index in [1.54, 1.807) is 6.92 Å². The Labute approximate surface area is 193 Å². The monoisotopic (exact) mass is 440 g/mol. The highest BCUT2D eigenvalue weighted by Crippen LogP contribution is 2.09. The Bertz CT molecular complexity index is 423. The Morgan fingerprint density at radius 1 is 0.774 bits per heavy atom. The van der Waals surface area contributed by atoms with Crippen molar-refractivity contribution in [2.75, 3.05) is 27.2 Å². The Morgan fingerprint density at radius 2 is 1.26 bits per heavy atom. The molecule has 0 aliphatic heterocycles. The largest absolute Gasteiger partial charge is 0.481 e. The van der Waals surface area contributed by atoms with E-state index in [4.69, 9.17) is 5.11 Å². The van der Waals surface area contributed by atoms with E-state index in [0.29, 0.717) is 6.42 Å². The molecule has 1 amide bonds. The average Bonchev–Trinajstić information content (AvgIpc) is 2.74. The summed E-state index contributed by atoms with van der Waals surface area (Å²) in [6.07, 6.45) is 23.6. The molecule has 0 bridgehead atoms. The molecule has 2 N–H and O–H groups in total. The fraction of sp³-hybridized carbons (Fsp3) is 0.846. The van der Waals surface area contributed by atoms with Crippen LogP contribution in [0.25, 0.3) is 0 Å². The van der Waals surface area contributed by atoms with Crippen molar-refractivity contribution in [1.82, 2.24) is 10.2 Å². The number of hydrogen-bond donors (Lipinski definition) is 2. The SMILES string of the molecule is CCC(=O)O.CCCCCCCC/C=C\CCCCCCCC(=O)NCCCN(C)C. The fourth-order valence-corrected chi connectivity index (χ4v) is 3.07. The lowest BCUT2D eigenvalue weighted by atomic mass is 10.1. The molecule has 0 aromatic carbocycles. The van der Waals surface area contributed by atoms with Crippen LogP contribution in [0, 0.1) is 0 Å². The van der Waals surface area contributed by atoms with Crippen LogP contribution in [0.2, 0.25) is 0 Å². The number of hydrogen-bond acceptors (Lipinski definition) is 3. The van der Waals surface area contributed by atoms with Gasteiger partial charge in [0.2, 0.25) is 5.91 Å². The van der Waals surface area contributed by atoms with Gasteiger partial charge < -0.3 is 15.3 Å². The van der Waals surface area contributed by atoms with Gasteiger partial charge in [-0.25, -0.2) is 0 Å². The summed E-state index contributed by atoms with van der Waals surface area (Å²) in [5.41, 5.74) is 0. The lowest BCUT2D eigenvalue weighted by Gasteiger charge is -2.09. The summed E-state index contributed by atoms with van der Waals surface area (Å²) in [7, 11) is 4.13.